The Balaban J connectivity index is 1.31. The smallest absolute Gasteiger partial charge is 0.137 e. The number of nitrogens with zero attached hydrogens (tertiary/aromatic N) is 4. The second-order valence-corrected chi connectivity index (χ2v) is 12.9. The van der Waals surface area contributed by atoms with Crippen LogP contribution in [0.1, 0.15) is 47.4 Å². The summed E-state index contributed by atoms with van der Waals surface area (Å²) in [5.74, 6) is 2.11. The van der Waals surface area contributed by atoms with Gasteiger partial charge >= 0.3 is 0 Å². The first-order valence-corrected chi connectivity index (χ1v) is 15.3. The van der Waals surface area contributed by atoms with Gasteiger partial charge in [-0.3, -0.25) is 4.57 Å². The van der Waals surface area contributed by atoms with Crippen LogP contribution in [0.15, 0.2) is 109 Å². The molecule has 5 heteroatoms. The molecule has 0 aliphatic heterocycles. The van der Waals surface area contributed by atoms with Crippen LogP contribution < -0.4 is 4.74 Å². The van der Waals surface area contributed by atoms with Crippen molar-refractivity contribution in [1.82, 2.24) is 19.3 Å². The van der Waals surface area contributed by atoms with Gasteiger partial charge in [0.15, 0.2) is 0 Å². The molecule has 0 atom stereocenters. The van der Waals surface area contributed by atoms with Crippen molar-refractivity contribution in [2.24, 2.45) is 5.41 Å². The molecular weight excluding hydrogens is 552 g/mol. The van der Waals surface area contributed by atoms with E-state index in [1.807, 2.05) is 84.5 Å². The maximum Gasteiger partial charge on any atom is 0.137 e. The Labute approximate surface area is 269 Å². The summed E-state index contributed by atoms with van der Waals surface area (Å²) in [7, 11) is 0. The Morgan fingerprint density at radius 2 is 1.60 bits per heavy atom. The third-order valence-corrected chi connectivity index (χ3v) is 8.16. The number of hydrogen-bond donors (Lipinski definition) is 0. The van der Waals surface area contributed by atoms with Crippen molar-refractivity contribution in [3.8, 4) is 34.1 Å². The molecule has 4 aromatic carbocycles. The highest BCUT2D eigenvalue weighted by Gasteiger charge is 2.18. The van der Waals surface area contributed by atoms with Crippen LogP contribution in [0.3, 0.4) is 0 Å². The van der Waals surface area contributed by atoms with Gasteiger partial charge in [-0.15, -0.1) is 0 Å². The van der Waals surface area contributed by atoms with Crippen LogP contribution in [0.25, 0.3) is 44.4 Å². The van der Waals surface area contributed by atoms with E-state index in [0.29, 0.717) is 17.1 Å². The maximum atomic E-state index is 8.04. The number of fused-ring (bicyclic) bond motifs is 3. The van der Waals surface area contributed by atoms with E-state index < -0.39 is 6.85 Å². The lowest BCUT2D eigenvalue weighted by molar-refractivity contribution is 0.411. The van der Waals surface area contributed by atoms with Crippen molar-refractivity contribution in [2.75, 3.05) is 0 Å². The quantitative estimate of drug-likeness (QED) is 0.193. The average molecular weight is 594 g/mol. The average Bonchev–Trinajstić information content (AvgIpc) is 3.52. The lowest BCUT2D eigenvalue weighted by Gasteiger charge is -2.18. The predicted octanol–water partition coefficient (Wildman–Crippen LogP) is 10.3. The molecule has 0 bridgehead atoms. The minimum Gasteiger partial charge on any atom is -0.457 e. The monoisotopic (exact) mass is 593 g/mol. The number of benzene rings is 4. The van der Waals surface area contributed by atoms with E-state index in [9.17, 15) is 0 Å². The van der Waals surface area contributed by atoms with Crippen LogP contribution in [0, 0.1) is 26.1 Å². The summed E-state index contributed by atoms with van der Waals surface area (Å²) in [6, 6.07) is 33.7. The Morgan fingerprint density at radius 3 is 2.40 bits per heavy atom. The van der Waals surface area contributed by atoms with E-state index in [-0.39, 0.29) is 5.41 Å². The molecule has 0 spiro atoms. The lowest BCUT2D eigenvalue weighted by atomic mass is 9.88. The molecule has 5 nitrogen and oxygen atoms in total. The van der Waals surface area contributed by atoms with E-state index in [4.69, 9.17) is 18.9 Å². The van der Waals surface area contributed by atoms with Crippen LogP contribution in [0.5, 0.6) is 11.5 Å². The molecule has 3 aromatic heterocycles. The van der Waals surface area contributed by atoms with Gasteiger partial charge in [-0.25, -0.2) is 9.67 Å². The molecule has 7 aromatic rings. The van der Waals surface area contributed by atoms with Crippen LogP contribution in [0.4, 0.5) is 0 Å². The minimum absolute atomic E-state index is 0.111. The molecule has 7 rings (SSSR count). The topological polar surface area (TPSA) is 44.9 Å². The SMILES string of the molecule is [2H]C([2H])([2H])c1ccc2c(c1)c1ccc(Oc3cccc(-n4nc(C)c(-c5ccccc5)c4C)c3)cc1n2-c1cc(CC(C)(C)C)ccn1. The molecule has 0 aliphatic carbocycles. The van der Waals surface area contributed by atoms with Crippen LogP contribution in [-0.4, -0.2) is 19.3 Å². The van der Waals surface area contributed by atoms with Gasteiger partial charge in [0.1, 0.15) is 17.3 Å². The highest BCUT2D eigenvalue weighted by Crippen LogP contribution is 2.36. The Kier molecular flexibility index (Phi) is 6.20. The number of hydrogen-bond acceptors (Lipinski definition) is 3. The second kappa shape index (κ2) is 11.1. The van der Waals surface area contributed by atoms with Crippen molar-refractivity contribution < 1.29 is 8.85 Å². The molecule has 45 heavy (non-hydrogen) atoms. The summed E-state index contributed by atoms with van der Waals surface area (Å²) >= 11 is 0. The summed E-state index contributed by atoms with van der Waals surface area (Å²) in [5.41, 5.74) is 8.56. The lowest BCUT2D eigenvalue weighted by Crippen LogP contribution is -2.10. The van der Waals surface area contributed by atoms with Gasteiger partial charge in [0.05, 0.1) is 22.4 Å². The Morgan fingerprint density at radius 1 is 0.778 bits per heavy atom. The number of ether oxygens (including phenoxy) is 1. The first kappa shape index (κ1) is 25.2. The normalized spacial score (nSPS) is 13.1. The zero-order chi connectivity index (χ0) is 33.8. The Hall–Kier alpha value is -5.16. The fourth-order valence-corrected chi connectivity index (χ4v) is 6.35. The molecule has 0 N–H and O–H groups in total. The fraction of sp³-hybridized carbons (Fsp3) is 0.200. The molecule has 0 radical (unpaired) electrons. The first-order valence-electron chi connectivity index (χ1n) is 16.8. The molecule has 0 fully saturated rings. The number of pyridine rings is 1. The second-order valence-electron chi connectivity index (χ2n) is 12.9. The van der Waals surface area contributed by atoms with E-state index in [1.54, 1.807) is 12.1 Å². The van der Waals surface area contributed by atoms with Gasteiger partial charge in [0, 0.05) is 44.5 Å². The van der Waals surface area contributed by atoms with Crippen molar-refractivity contribution in [3.63, 3.8) is 0 Å². The molecule has 0 aliphatic rings. The van der Waals surface area contributed by atoms with E-state index >= 15 is 0 Å². The van der Waals surface area contributed by atoms with E-state index in [2.05, 4.69) is 56.5 Å². The minimum atomic E-state index is -2.21. The standard InChI is InChI=1S/C40H38N4O/c1-26-15-18-36-35(21-26)34-17-16-33(24-37(34)43(36)38-22-29(19-20-41-38)25-40(4,5)6)45-32-14-10-13-31(23-32)44-28(3)39(27(2)42-44)30-11-8-7-9-12-30/h7-24H,25H2,1-6H3/i1D3. The zero-order valence-corrected chi connectivity index (χ0v) is 26.3. The maximum absolute atomic E-state index is 8.04. The number of aromatic nitrogens is 4. The van der Waals surface area contributed by atoms with Gasteiger partial charge in [-0.2, -0.15) is 5.10 Å². The van der Waals surface area contributed by atoms with Crippen molar-refractivity contribution in [1.29, 1.82) is 0 Å². The van der Waals surface area contributed by atoms with Gasteiger partial charge in [-0.05, 0) is 92.2 Å². The van der Waals surface area contributed by atoms with Gasteiger partial charge in [0.2, 0.25) is 0 Å². The summed E-state index contributed by atoms with van der Waals surface area (Å²) < 4.78 is 34.7. The molecule has 0 amide bonds. The highest BCUT2D eigenvalue weighted by molar-refractivity contribution is 6.09. The number of rotatable bonds is 6. The molecule has 0 saturated heterocycles. The Bertz CT molecular complexity index is 2290. The van der Waals surface area contributed by atoms with Crippen molar-refractivity contribution >= 4 is 21.8 Å². The molecule has 224 valence electrons. The zero-order valence-electron chi connectivity index (χ0n) is 29.3. The first-order chi connectivity index (χ1) is 22.9. The largest absolute Gasteiger partial charge is 0.457 e. The van der Waals surface area contributed by atoms with Crippen molar-refractivity contribution in [2.45, 2.75) is 47.9 Å². The summed E-state index contributed by atoms with van der Waals surface area (Å²) in [6.07, 6.45) is 2.74. The van der Waals surface area contributed by atoms with Crippen LogP contribution >= 0.6 is 0 Å². The predicted molar refractivity (Wildman–Crippen MR) is 185 cm³/mol. The molecule has 0 unspecified atom stereocenters. The fourth-order valence-electron chi connectivity index (χ4n) is 6.35. The van der Waals surface area contributed by atoms with E-state index in [1.165, 1.54) is 5.56 Å². The highest BCUT2D eigenvalue weighted by atomic mass is 16.5. The summed E-state index contributed by atoms with van der Waals surface area (Å²) in [5, 5.41) is 6.66. The third-order valence-electron chi connectivity index (χ3n) is 8.16. The van der Waals surface area contributed by atoms with E-state index in [0.717, 1.165) is 62.2 Å². The van der Waals surface area contributed by atoms with Gasteiger partial charge in [-0.1, -0.05) is 68.8 Å². The van der Waals surface area contributed by atoms with Crippen molar-refractivity contribution in [3.05, 3.63) is 132 Å². The summed E-state index contributed by atoms with van der Waals surface area (Å²) in [4.78, 5) is 4.78. The third kappa shape index (κ3) is 5.51. The van der Waals surface area contributed by atoms with Gasteiger partial charge in [0.25, 0.3) is 0 Å². The summed E-state index contributed by atoms with van der Waals surface area (Å²) in [6.45, 7) is 8.58. The number of aryl methyl sites for hydroxylation is 2. The molecule has 0 saturated carbocycles. The van der Waals surface area contributed by atoms with Gasteiger partial charge < -0.3 is 4.74 Å². The van der Waals surface area contributed by atoms with Crippen LogP contribution in [0.2, 0.25) is 0 Å². The molecule has 3 heterocycles. The van der Waals surface area contributed by atoms with Crippen LogP contribution in [-0.2, 0) is 6.42 Å². The molecular formula is C40H38N4O.